The van der Waals surface area contributed by atoms with Gasteiger partial charge in [-0.15, -0.1) is 10.2 Å². The predicted molar refractivity (Wildman–Crippen MR) is 40.1 cm³/mol. The van der Waals surface area contributed by atoms with Crippen molar-refractivity contribution in [3.8, 4) is 0 Å². The third kappa shape index (κ3) is 1.14. The lowest BCUT2D eigenvalue weighted by molar-refractivity contribution is 0.742. The van der Waals surface area contributed by atoms with E-state index in [-0.39, 0.29) is 0 Å². The molecule has 1 aliphatic heterocycles. The molecule has 1 aromatic heterocycles. The van der Waals surface area contributed by atoms with Crippen LogP contribution in [0.4, 0.5) is 0 Å². The third-order valence-corrected chi connectivity index (χ3v) is 1.39. The Bertz CT molecular complexity index is 273. The van der Waals surface area contributed by atoms with Crippen molar-refractivity contribution in [2.45, 2.75) is 0 Å². The molecule has 0 aliphatic carbocycles. The summed E-state index contributed by atoms with van der Waals surface area (Å²) in [4.78, 5) is 0. The van der Waals surface area contributed by atoms with Gasteiger partial charge in [-0.1, -0.05) is 6.08 Å². The molecule has 1 radical (unpaired) electrons. The lowest BCUT2D eigenvalue weighted by Crippen LogP contribution is -2.21. The van der Waals surface area contributed by atoms with Crippen molar-refractivity contribution in [1.82, 2.24) is 20.1 Å². The molecule has 11 heavy (non-hydrogen) atoms. The van der Waals surface area contributed by atoms with Crippen molar-refractivity contribution in [1.29, 1.82) is 0 Å². The van der Waals surface area contributed by atoms with Crippen molar-refractivity contribution >= 4 is 0 Å². The number of hydrogen-bond acceptors (Lipinski definition) is 3. The van der Waals surface area contributed by atoms with Gasteiger partial charge < -0.3 is 5.32 Å². The Kier molecular flexibility index (Phi) is 1.44. The Morgan fingerprint density at radius 1 is 1.18 bits per heavy atom. The number of nitrogens with zero attached hydrogens (tertiary/aromatic N) is 3. The van der Waals surface area contributed by atoms with Crippen LogP contribution in [0.5, 0.6) is 0 Å². The van der Waals surface area contributed by atoms with E-state index in [2.05, 4.69) is 15.5 Å². The van der Waals surface area contributed by atoms with E-state index < -0.39 is 0 Å². The van der Waals surface area contributed by atoms with Crippen LogP contribution >= 0.6 is 0 Å². The fraction of sp³-hybridized carbons (Fsp3) is 0. The molecule has 0 saturated carbocycles. The minimum Gasteiger partial charge on any atom is -0.361 e. The summed E-state index contributed by atoms with van der Waals surface area (Å²) in [6.07, 6.45) is 11.9. The molecule has 2 heterocycles. The summed E-state index contributed by atoms with van der Waals surface area (Å²) < 4.78 is 1.81. The largest absolute Gasteiger partial charge is 0.361 e. The molecule has 0 atom stereocenters. The first-order chi connectivity index (χ1) is 5.47. The standard InChI is InChI=1S/C7H7N4/c1-2-4-8-7(3-1)11-5-9-10-6-11/h1-6,8H. The molecule has 55 valence electrons. The summed E-state index contributed by atoms with van der Waals surface area (Å²) in [7, 11) is 0. The van der Waals surface area contributed by atoms with Crippen LogP contribution in [0.2, 0.25) is 0 Å². The van der Waals surface area contributed by atoms with Crippen molar-refractivity contribution in [3.63, 3.8) is 0 Å². The maximum atomic E-state index is 3.69. The second-order valence-corrected chi connectivity index (χ2v) is 2.12. The average molecular weight is 147 g/mol. The van der Waals surface area contributed by atoms with E-state index in [0.717, 1.165) is 6.17 Å². The molecule has 0 bridgehead atoms. The molecule has 0 saturated heterocycles. The van der Waals surface area contributed by atoms with Gasteiger partial charge in [0.25, 0.3) is 0 Å². The Labute approximate surface area is 64.2 Å². The summed E-state index contributed by atoms with van der Waals surface area (Å²) >= 11 is 0. The van der Waals surface area contributed by atoms with Crippen molar-refractivity contribution in [2.75, 3.05) is 0 Å². The van der Waals surface area contributed by atoms with Gasteiger partial charge in [-0.2, -0.15) is 0 Å². The summed E-state index contributed by atoms with van der Waals surface area (Å²) in [6, 6.07) is 0. The Morgan fingerprint density at radius 2 is 2.00 bits per heavy atom. The first kappa shape index (κ1) is 6.15. The topological polar surface area (TPSA) is 42.7 Å². The van der Waals surface area contributed by atoms with Crippen LogP contribution in [-0.4, -0.2) is 14.8 Å². The number of aromatic nitrogens is 3. The zero-order chi connectivity index (χ0) is 7.52. The van der Waals surface area contributed by atoms with Crippen LogP contribution in [0, 0.1) is 6.17 Å². The van der Waals surface area contributed by atoms with Gasteiger partial charge in [0.2, 0.25) is 0 Å². The van der Waals surface area contributed by atoms with E-state index in [9.17, 15) is 0 Å². The van der Waals surface area contributed by atoms with Crippen molar-refractivity contribution in [2.24, 2.45) is 0 Å². The zero-order valence-electron chi connectivity index (χ0n) is 5.81. The van der Waals surface area contributed by atoms with Crippen molar-refractivity contribution in [3.05, 3.63) is 43.2 Å². The number of rotatable bonds is 1. The predicted octanol–water partition coefficient (Wildman–Crippen LogP) is 0.289. The lowest BCUT2D eigenvalue weighted by atomic mass is 10.3. The zero-order valence-corrected chi connectivity index (χ0v) is 5.81. The maximum absolute atomic E-state index is 3.69. The van der Waals surface area contributed by atoms with Gasteiger partial charge in [0.05, 0.1) is 0 Å². The highest BCUT2D eigenvalue weighted by Gasteiger charge is 2.06. The van der Waals surface area contributed by atoms with E-state index >= 15 is 0 Å². The van der Waals surface area contributed by atoms with Gasteiger partial charge in [0.1, 0.15) is 12.7 Å². The summed E-state index contributed by atoms with van der Waals surface area (Å²) in [6.45, 7) is 0. The fourth-order valence-corrected chi connectivity index (χ4v) is 0.870. The quantitative estimate of drug-likeness (QED) is 0.620. The van der Waals surface area contributed by atoms with Gasteiger partial charge in [-0.05, 0) is 18.4 Å². The van der Waals surface area contributed by atoms with E-state index in [1.54, 1.807) is 17.2 Å². The highest BCUT2D eigenvalue weighted by molar-refractivity contribution is 5.21. The van der Waals surface area contributed by atoms with Crippen LogP contribution in [0.15, 0.2) is 37.1 Å². The molecule has 1 aromatic rings. The van der Waals surface area contributed by atoms with Gasteiger partial charge in [-0.25, -0.2) is 0 Å². The average Bonchev–Trinajstić information content (AvgIpc) is 2.58. The van der Waals surface area contributed by atoms with Crippen LogP contribution in [-0.2, 0) is 0 Å². The first-order valence-electron chi connectivity index (χ1n) is 3.28. The molecule has 0 spiro atoms. The maximum Gasteiger partial charge on any atom is 0.183 e. The van der Waals surface area contributed by atoms with Crippen LogP contribution in [0.1, 0.15) is 0 Å². The Hall–Kier alpha value is -1.58. The lowest BCUT2D eigenvalue weighted by Gasteiger charge is -2.13. The van der Waals surface area contributed by atoms with Crippen LogP contribution in [0.3, 0.4) is 0 Å². The number of allylic oxidation sites excluding steroid dienone is 2. The van der Waals surface area contributed by atoms with Crippen molar-refractivity contribution < 1.29 is 0 Å². The van der Waals surface area contributed by atoms with E-state index in [4.69, 9.17) is 0 Å². The van der Waals surface area contributed by atoms with Crippen LogP contribution in [0.25, 0.3) is 0 Å². The number of hydrogen-bond donors (Lipinski definition) is 1. The Balaban J connectivity index is 2.19. The molecule has 0 aromatic carbocycles. The molecule has 4 heteroatoms. The molecule has 2 rings (SSSR count). The molecule has 1 aliphatic rings. The van der Waals surface area contributed by atoms with E-state index in [1.807, 2.05) is 24.4 Å². The van der Waals surface area contributed by atoms with Gasteiger partial charge >= 0.3 is 0 Å². The van der Waals surface area contributed by atoms with E-state index in [0.29, 0.717) is 0 Å². The second-order valence-electron chi connectivity index (χ2n) is 2.12. The molecular formula is C7H7N4. The molecule has 0 unspecified atom stereocenters. The normalized spacial score (nSPS) is 16.7. The smallest absolute Gasteiger partial charge is 0.183 e. The summed E-state index contributed by atoms with van der Waals surface area (Å²) in [5, 5.41) is 10.4. The van der Waals surface area contributed by atoms with Crippen LogP contribution < -0.4 is 5.32 Å². The summed E-state index contributed by atoms with van der Waals surface area (Å²) in [5.41, 5.74) is 0. The monoisotopic (exact) mass is 147 g/mol. The molecule has 0 amide bonds. The third-order valence-electron chi connectivity index (χ3n) is 1.39. The molecule has 4 nitrogen and oxygen atoms in total. The highest BCUT2D eigenvalue weighted by atomic mass is 15.3. The minimum atomic E-state index is 0.956. The second kappa shape index (κ2) is 2.57. The number of dihydropyridines is 1. The van der Waals surface area contributed by atoms with Gasteiger partial charge in [-0.3, -0.25) is 4.57 Å². The first-order valence-corrected chi connectivity index (χ1v) is 3.28. The van der Waals surface area contributed by atoms with E-state index in [1.165, 1.54) is 0 Å². The molecule has 1 N–H and O–H groups in total. The van der Waals surface area contributed by atoms with Gasteiger partial charge in [0, 0.05) is 0 Å². The van der Waals surface area contributed by atoms with Gasteiger partial charge in [0.15, 0.2) is 6.17 Å². The minimum absolute atomic E-state index is 0.956. The number of nitrogens with one attached hydrogen (secondary N) is 1. The summed E-state index contributed by atoms with van der Waals surface area (Å²) in [5.74, 6) is 0. The molecular weight excluding hydrogens is 140 g/mol. The Morgan fingerprint density at radius 3 is 2.64 bits per heavy atom. The SMILES string of the molecule is C1=CN[C](n2cnnc2)C=C1. The molecule has 0 fully saturated rings. The highest BCUT2D eigenvalue weighted by Crippen LogP contribution is 2.04. The fourth-order valence-electron chi connectivity index (χ4n) is 0.870.